The monoisotopic (exact) mass is 618 g/mol. The summed E-state index contributed by atoms with van der Waals surface area (Å²) in [6, 6.07) is -6.65. The van der Waals surface area contributed by atoms with Gasteiger partial charge in [-0.1, -0.05) is 13.8 Å². The number of carboxylic acid groups (broad SMARTS) is 1. The molecule has 18 heteroatoms. The van der Waals surface area contributed by atoms with E-state index in [1.54, 1.807) is 20.8 Å². The van der Waals surface area contributed by atoms with Crippen LogP contribution in [0.15, 0.2) is 4.99 Å². The summed E-state index contributed by atoms with van der Waals surface area (Å²) in [5, 5.41) is 62.8. The van der Waals surface area contributed by atoms with Crippen molar-refractivity contribution in [1.82, 2.24) is 21.3 Å². The second-order valence-electron chi connectivity index (χ2n) is 11.9. The molecule has 2 heterocycles. The van der Waals surface area contributed by atoms with Crippen molar-refractivity contribution in [2.24, 2.45) is 28.1 Å². The Kier molecular flexibility index (Phi) is 11.9. The second-order valence-corrected chi connectivity index (χ2v) is 11.9. The molecule has 0 aromatic heterocycles. The Bertz CT molecular complexity index is 1000. The normalized spacial score (nSPS) is 37.5. The summed E-state index contributed by atoms with van der Waals surface area (Å²) in [7, 11) is 0. The average molecular weight is 619 g/mol. The highest BCUT2D eigenvalue weighted by Gasteiger charge is 2.52. The molecule has 2 unspecified atom stereocenters. The predicted molar refractivity (Wildman–Crippen MR) is 150 cm³/mol. The summed E-state index contributed by atoms with van der Waals surface area (Å²) in [4.78, 5) is 41.8. The molecular formula is C25H46N8O10. The Morgan fingerprint density at radius 2 is 1.65 bits per heavy atom. The molecule has 0 spiro atoms. The maximum Gasteiger partial charge on any atom is 0.326 e. The van der Waals surface area contributed by atoms with Crippen LogP contribution < -0.4 is 38.5 Å². The zero-order valence-electron chi connectivity index (χ0n) is 24.4. The van der Waals surface area contributed by atoms with Crippen molar-refractivity contribution in [3.05, 3.63) is 0 Å². The molecule has 0 aromatic carbocycles. The smallest absolute Gasteiger partial charge is 0.326 e. The van der Waals surface area contributed by atoms with Crippen LogP contribution in [-0.4, -0.2) is 135 Å². The molecule has 0 radical (unpaired) electrons. The number of rotatable bonds is 11. The topological polar surface area (TPSA) is 309 Å². The molecule has 1 saturated carbocycles. The SMILES string of the molecule is CC(C)C[C@@H](NC(=O)N[C@H](C[C@H]1CN=C(N)N1)C(=O)NC1[C@@H](O)[C@@H](O)C(O[C@@H]2O[C@H](C)[C@@H](N)C[C@@H]2N)[C@@H](O)[C@H]1O)C(=O)O. The van der Waals surface area contributed by atoms with Gasteiger partial charge in [0.25, 0.3) is 0 Å². The molecule has 0 aromatic rings. The number of hydrogen-bond donors (Lipinski definition) is 12. The van der Waals surface area contributed by atoms with Gasteiger partial charge in [0.05, 0.1) is 30.8 Å². The zero-order chi connectivity index (χ0) is 32.2. The second kappa shape index (κ2) is 14.8. The molecule has 1 saturated heterocycles. The molecule has 43 heavy (non-hydrogen) atoms. The molecule has 1 aliphatic carbocycles. The molecule has 2 fully saturated rings. The van der Waals surface area contributed by atoms with Gasteiger partial charge in [-0.25, -0.2) is 9.59 Å². The molecule has 3 amide bonds. The van der Waals surface area contributed by atoms with Gasteiger partial charge in [0.2, 0.25) is 5.91 Å². The van der Waals surface area contributed by atoms with Gasteiger partial charge in [-0.2, -0.15) is 0 Å². The minimum absolute atomic E-state index is 0.0513. The zero-order valence-corrected chi connectivity index (χ0v) is 24.4. The number of hydrogen-bond acceptors (Lipinski definition) is 14. The molecule has 2 aliphatic heterocycles. The Morgan fingerprint density at radius 1 is 1.05 bits per heavy atom. The highest BCUT2D eigenvalue weighted by atomic mass is 16.7. The first-order valence-electron chi connectivity index (χ1n) is 14.3. The van der Waals surface area contributed by atoms with Crippen molar-refractivity contribution in [3.8, 4) is 0 Å². The molecular weight excluding hydrogens is 572 g/mol. The Hall–Kier alpha value is -2.84. The van der Waals surface area contributed by atoms with Gasteiger partial charge >= 0.3 is 12.0 Å². The molecule has 0 bridgehead atoms. The fourth-order valence-corrected chi connectivity index (χ4v) is 5.34. The van der Waals surface area contributed by atoms with E-state index in [1.165, 1.54) is 0 Å². The minimum Gasteiger partial charge on any atom is -0.480 e. The summed E-state index contributed by atoms with van der Waals surface area (Å²) in [6.45, 7) is 5.46. The number of aliphatic hydroxyl groups is 4. The van der Waals surface area contributed by atoms with Crippen LogP contribution in [0.1, 0.15) is 40.0 Å². The lowest BCUT2D eigenvalue weighted by Crippen LogP contribution is -2.71. The Labute approximate surface area is 248 Å². The Balaban J connectivity index is 1.70. The quantitative estimate of drug-likeness (QED) is 0.103. The van der Waals surface area contributed by atoms with E-state index < -0.39 is 91.0 Å². The van der Waals surface area contributed by atoms with E-state index in [4.69, 9.17) is 26.7 Å². The number of aliphatic hydroxyl groups excluding tert-OH is 4. The summed E-state index contributed by atoms with van der Waals surface area (Å²) in [5.41, 5.74) is 17.7. The van der Waals surface area contributed by atoms with E-state index in [1.807, 2.05) is 0 Å². The number of nitrogens with two attached hydrogens (primary N) is 3. The fraction of sp³-hybridized carbons (Fsp3) is 0.840. The standard InChI is InChI=1S/C25H46N8O10/c1-8(2)4-14(22(39)40)32-25(41)31-13(5-10-7-29-24(28)30-10)21(38)33-15-16(34)18(36)20(19(37)17(15)35)43-23-12(27)6-11(26)9(3)42-23/h8-20,23,34-37H,4-7,26-27H2,1-3H3,(H,33,38)(H,39,40)(H3,28,29,30)(H2,31,32,41)/t9-,10+,11+,12+,13-,14-,15?,16-,17+,18-,19+,20?,23+/m1/s1. The molecule has 18 nitrogen and oxygen atoms in total. The van der Waals surface area contributed by atoms with Crippen LogP contribution in [0, 0.1) is 5.92 Å². The molecule has 3 rings (SSSR count). The van der Waals surface area contributed by atoms with Crippen LogP contribution in [0.3, 0.4) is 0 Å². The first kappa shape index (κ1) is 34.6. The number of carbonyl (C=O) groups excluding carboxylic acids is 2. The van der Waals surface area contributed by atoms with Crippen molar-refractivity contribution in [1.29, 1.82) is 0 Å². The number of aliphatic imine (C=N–C) groups is 1. The maximum absolute atomic E-state index is 13.4. The van der Waals surface area contributed by atoms with E-state index in [9.17, 15) is 39.9 Å². The first-order chi connectivity index (χ1) is 20.1. The lowest BCUT2D eigenvalue weighted by molar-refractivity contribution is -0.282. The van der Waals surface area contributed by atoms with Crippen LogP contribution in [0.25, 0.3) is 0 Å². The summed E-state index contributed by atoms with van der Waals surface area (Å²) >= 11 is 0. The van der Waals surface area contributed by atoms with Crippen molar-refractivity contribution >= 4 is 23.9 Å². The van der Waals surface area contributed by atoms with Crippen molar-refractivity contribution in [2.45, 2.75) is 119 Å². The largest absolute Gasteiger partial charge is 0.480 e. The number of aliphatic carboxylic acids is 1. The average Bonchev–Trinajstić information content (AvgIpc) is 3.33. The molecule has 13 atom stereocenters. The maximum atomic E-state index is 13.4. The van der Waals surface area contributed by atoms with E-state index in [0.29, 0.717) is 6.42 Å². The van der Waals surface area contributed by atoms with Gasteiger partial charge < -0.3 is 73.5 Å². The third kappa shape index (κ3) is 8.85. The Morgan fingerprint density at radius 3 is 2.19 bits per heavy atom. The van der Waals surface area contributed by atoms with Gasteiger partial charge in [0, 0.05) is 6.04 Å². The summed E-state index contributed by atoms with van der Waals surface area (Å²) < 4.78 is 11.3. The lowest BCUT2D eigenvalue weighted by Gasteiger charge is -2.46. The van der Waals surface area contributed by atoms with Crippen LogP contribution in [0.2, 0.25) is 0 Å². The third-order valence-electron chi connectivity index (χ3n) is 7.84. The van der Waals surface area contributed by atoms with Gasteiger partial charge in [0.1, 0.15) is 42.6 Å². The number of urea groups is 1. The summed E-state index contributed by atoms with van der Waals surface area (Å²) in [5.74, 6) is -2.08. The lowest BCUT2D eigenvalue weighted by atomic mass is 9.82. The van der Waals surface area contributed by atoms with Crippen LogP contribution in [0.4, 0.5) is 4.79 Å². The third-order valence-corrected chi connectivity index (χ3v) is 7.84. The minimum atomic E-state index is -1.83. The first-order valence-corrected chi connectivity index (χ1v) is 14.3. The molecule has 15 N–H and O–H groups in total. The number of ether oxygens (including phenoxy) is 2. The van der Waals surface area contributed by atoms with E-state index in [-0.39, 0.29) is 37.3 Å². The number of nitrogens with zero attached hydrogens (tertiary/aromatic N) is 1. The van der Waals surface area contributed by atoms with E-state index in [2.05, 4.69) is 26.3 Å². The summed E-state index contributed by atoms with van der Waals surface area (Å²) in [6.07, 6.45) is -9.93. The van der Waals surface area contributed by atoms with Crippen LogP contribution in [0.5, 0.6) is 0 Å². The predicted octanol–water partition coefficient (Wildman–Crippen LogP) is -5.05. The van der Waals surface area contributed by atoms with Gasteiger partial charge in [-0.15, -0.1) is 0 Å². The van der Waals surface area contributed by atoms with Gasteiger partial charge in [-0.05, 0) is 32.1 Å². The van der Waals surface area contributed by atoms with E-state index >= 15 is 0 Å². The van der Waals surface area contributed by atoms with Gasteiger partial charge in [0.15, 0.2) is 12.2 Å². The van der Waals surface area contributed by atoms with Crippen molar-refractivity contribution < 1.29 is 49.4 Å². The number of guanidine groups is 1. The number of nitrogens with one attached hydrogen (secondary N) is 4. The number of carbonyl (C=O) groups is 3. The fourth-order valence-electron chi connectivity index (χ4n) is 5.34. The molecule has 3 aliphatic rings. The number of carboxylic acids is 1. The molecule has 246 valence electrons. The van der Waals surface area contributed by atoms with Gasteiger partial charge in [-0.3, -0.25) is 9.79 Å². The number of amides is 3. The van der Waals surface area contributed by atoms with Crippen molar-refractivity contribution in [2.75, 3.05) is 6.54 Å². The highest BCUT2D eigenvalue weighted by Crippen LogP contribution is 2.28. The van der Waals surface area contributed by atoms with Crippen LogP contribution >= 0.6 is 0 Å². The highest BCUT2D eigenvalue weighted by molar-refractivity contribution is 5.89. The van der Waals surface area contributed by atoms with Crippen LogP contribution in [-0.2, 0) is 19.1 Å². The van der Waals surface area contributed by atoms with Crippen molar-refractivity contribution in [3.63, 3.8) is 0 Å². The van der Waals surface area contributed by atoms with E-state index in [0.717, 1.165) is 0 Å².